The van der Waals surface area contributed by atoms with Crippen molar-refractivity contribution in [3.05, 3.63) is 65.2 Å². The van der Waals surface area contributed by atoms with Crippen molar-refractivity contribution in [1.82, 2.24) is 9.97 Å². The molecule has 2 heterocycles. The molecule has 0 radical (unpaired) electrons. The summed E-state index contributed by atoms with van der Waals surface area (Å²) in [5.41, 5.74) is 3.58. The third-order valence-corrected chi connectivity index (χ3v) is 4.05. The lowest BCUT2D eigenvalue weighted by Crippen LogP contribution is -2.31. The average Bonchev–Trinajstić information content (AvgIpc) is 2.68. The second-order valence-electron chi connectivity index (χ2n) is 6.22. The van der Waals surface area contributed by atoms with E-state index >= 15 is 0 Å². The lowest BCUT2D eigenvalue weighted by molar-refractivity contribution is 0.102. The zero-order valence-electron chi connectivity index (χ0n) is 15.0. The molecule has 1 amide bonds. The molecule has 0 saturated heterocycles. The molecule has 1 aromatic carbocycles. The predicted molar refractivity (Wildman–Crippen MR) is 95.5 cm³/mol. The molecule has 1 aliphatic heterocycles. The summed E-state index contributed by atoms with van der Waals surface area (Å²) in [4.78, 5) is 23.4. The lowest BCUT2D eigenvalue weighted by atomic mass is 9.90. The van der Waals surface area contributed by atoms with Gasteiger partial charge in [-0.05, 0) is 31.2 Å². The van der Waals surface area contributed by atoms with Crippen LogP contribution in [0.4, 0.5) is 23.2 Å². The van der Waals surface area contributed by atoms with Gasteiger partial charge in [-0.15, -0.1) is 0 Å². The van der Waals surface area contributed by atoms with Gasteiger partial charge in [0.15, 0.2) is 0 Å². The van der Waals surface area contributed by atoms with E-state index in [4.69, 9.17) is 10.5 Å². The van der Waals surface area contributed by atoms with E-state index in [9.17, 15) is 22.4 Å². The first-order chi connectivity index (χ1) is 13.7. The highest BCUT2D eigenvalue weighted by molar-refractivity contribution is 6.02. The average molecular weight is 409 g/mol. The third-order valence-electron chi connectivity index (χ3n) is 4.05. The highest BCUT2D eigenvalue weighted by Gasteiger charge is 2.32. The Balaban J connectivity index is 1.88. The van der Waals surface area contributed by atoms with Gasteiger partial charge in [0.1, 0.15) is 35.2 Å². The molecular weight excluding hydrogens is 394 g/mol. The Morgan fingerprint density at radius 1 is 1.31 bits per heavy atom. The van der Waals surface area contributed by atoms with Crippen LogP contribution in [0, 0.1) is 5.82 Å². The van der Waals surface area contributed by atoms with Gasteiger partial charge in [-0.1, -0.05) is 0 Å². The largest absolute Gasteiger partial charge is 0.428 e. The van der Waals surface area contributed by atoms with E-state index in [1.54, 1.807) is 0 Å². The van der Waals surface area contributed by atoms with Crippen LogP contribution in [0.5, 0.6) is 0 Å². The van der Waals surface area contributed by atoms with Gasteiger partial charge in [0, 0.05) is 11.3 Å². The number of aromatic nitrogens is 2. The molecule has 1 atom stereocenters. The van der Waals surface area contributed by atoms with Crippen LogP contribution < -0.4 is 11.1 Å². The topological polar surface area (TPSA) is 102 Å². The van der Waals surface area contributed by atoms with Crippen LogP contribution in [0.2, 0.25) is 0 Å². The number of anilines is 1. The van der Waals surface area contributed by atoms with Crippen LogP contribution >= 0.6 is 0 Å². The van der Waals surface area contributed by atoms with Crippen molar-refractivity contribution in [3.63, 3.8) is 0 Å². The summed E-state index contributed by atoms with van der Waals surface area (Å²) < 4.78 is 57.5. The van der Waals surface area contributed by atoms with Gasteiger partial charge < -0.3 is 15.8 Å². The molecule has 0 saturated carbocycles. The maximum absolute atomic E-state index is 14.5. The minimum atomic E-state index is -2.81. The standard InChI is InChI=1S/C18H15F4N5O2/c1-18(5-10(6-19)29-17(23)27-18)11-4-9(2-3-12(11)20)26-16(28)14-8-24-13(7-25-14)15(21)22/h2-5,7-8,15H,6H2,1H3,(H2,23,27)(H,26,28)/t18-/m0/s1. The van der Waals surface area contributed by atoms with Gasteiger partial charge in [-0.3, -0.25) is 9.78 Å². The van der Waals surface area contributed by atoms with Crippen LogP contribution in [-0.4, -0.2) is 28.6 Å². The second kappa shape index (κ2) is 7.86. The predicted octanol–water partition coefficient (Wildman–Crippen LogP) is 3.22. The number of aliphatic imine (C=N–C) groups is 1. The van der Waals surface area contributed by atoms with E-state index < -0.39 is 36.1 Å². The minimum absolute atomic E-state index is 0.00614. The quantitative estimate of drug-likeness (QED) is 0.739. The molecule has 0 unspecified atom stereocenters. The Bertz CT molecular complexity index is 994. The first kappa shape index (κ1) is 20.2. The fourth-order valence-corrected chi connectivity index (χ4v) is 2.72. The van der Waals surface area contributed by atoms with Crippen molar-refractivity contribution in [3.8, 4) is 0 Å². The van der Waals surface area contributed by atoms with Crippen LogP contribution in [0.3, 0.4) is 0 Å². The van der Waals surface area contributed by atoms with Gasteiger partial charge in [0.2, 0.25) is 0 Å². The lowest BCUT2D eigenvalue weighted by Gasteiger charge is -2.28. The van der Waals surface area contributed by atoms with E-state index in [1.165, 1.54) is 25.1 Å². The summed E-state index contributed by atoms with van der Waals surface area (Å²) in [5.74, 6) is -1.53. The number of amidine groups is 1. The van der Waals surface area contributed by atoms with Gasteiger partial charge in [0.05, 0.1) is 12.4 Å². The van der Waals surface area contributed by atoms with Crippen LogP contribution in [-0.2, 0) is 10.3 Å². The number of halogens is 4. The number of rotatable bonds is 5. The zero-order valence-corrected chi connectivity index (χ0v) is 15.0. The zero-order chi connectivity index (χ0) is 21.2. The van der Waals surface area contributed by atoms with E-state index in [2.05, 4.69) is 20.3 Å². The van der Waals surface area contributed by atoms with E-state index in [0.29, 0.717) is 0 Å². The van der Waals surface area contributed by atoms with Gasteiger partial charge in [-0.25, -0.2) is 27.5 Å². The van der Waals surface area contributed by atoms with Crippen molar-refractivity contribution in [2.24, 2.45) is 10.7 Å². The fraction of sp³-hybridized carbons (Fsp3) is 0.222. The minimum Gasteiger partial charge on any atom is -0.428 e. The number of benzene rings is 1. The summed E-state index contributed by atoms with van der Waals surface area (Å²) in [7, 11) is 0. The first-order valence-corrected chi connectivity index (χ1v) is 8.24. The Morgan fingerprint density at radius 3 is 2.69 bits per heavy atom. The third kappa shape index (κ3) is 4.33. The van der Waals surface area contributed by atoms with Crippen molar-refractivity contribution in [2.45, 2.75) is 18.9 Å². The molecule has 0 bridgehead atoms. The van der Waals surface area contributed by atoms with Crippen LogP contribution in [0.1, 0.15) is 35.1 Å². The van der Waals surface area contributed by atoms with E-state index in [-0.39, 0.29) is 28.7 Å². The number of hydrogen-bond acceptors (Lipinski definition) is 6. The molecule has 3 N–H and O–H groups in total. The van der Waals surface area contributed by atoms with Gasteiger partial charge in [0.25, 0.3) is 18.4 Å². The van der Waals surface area contributed by atoms with Gasteiger partial charge >= 0.3 is 0 Å². The summed E-state index contributed by atoms with van der Waals surface area (Å²) in [5, 5.41) is 2.47. The molecule has 7 nitrogen and oxygen atoms in total. The number of nitrogens with two attached hydrogens (primary N) is 1. The molecule has 3 rings (SSSR count). The fourth-order valence-electron chi connectivity index (χ4n) is 2.72. The normalized spacial score (nSPS) is 18.7. The number of alkyl halides is 3. The van der Waals surface area contributed by atoms with E-state index in [1.807, 2.05) is 0 Å². The summed E-state index contributed by atoms with van der Waals surface area (Å²) in [6.45, 7) is 0.535. The van der Waals surface area contributed by atoms with Gasteiger partial charge in [-0.2, -0.15) is 0 Å². The first-order valence-electron chi connectivity index (χ1n) is 8.24. The highest BCUT2D eigenvalue weighted by Crippen LogP contribution is 2.35. The molecule has 2 aromatic rings. The van der Waals surface area contributed by atoms with Crippen molar-refractivity contribution in [1.29, 1.82) is 0 Å². The number of hydrogen-bond donors (Lipinski definition) is 2. The SMILES string of the molecule is C[C@@]1(c2cc(NC(=O)c3cnc(C(F)F)cn3)ccc2F)C=C(CF)OC(N)=N1. The van der Waals surface area contributed by atoms with Crippen molar-refractivity contribution >= 4 is 17.6 Å². The van der Waals surface area contributed by atoms with Crippen LogP contribution in [0.15, 0.2) is 47.4 Å². The molecule has 0 fully saturated rings. The van der Waals surface area contributed by atoms with E-state index in [0.717, 1.165) is 18.5 Å². The second-order valence-corrected chi connectivity index (χ2v) is 6.22. The Kier molecular flexibility index (Phi) is 5.48. The molecule has 1 aromatic heterocycles. The monoisotopic (exact) mass is 409 g/mol. The highest BCUT2D eigenvalue weighted by atomic mass is 19.3. The maximum atomic E-state index is 14.5. The number of carbonyl (C=O) groups is 1. The van der Waals surface area contributed by atoms with Crippen molar-refractivity contribution in [2.75, 3.05) is 12.0 Å². The Hall–Kier alpha value is -3.50. The number of carbonyl (C=O) groups excluding carboxylic acids is 1. The Morgan fingerprint density at radius 2 is 2.07 bits per heavy atom. The number of allylic oxidation sites excluding steroid dienone is 1. The molecule has 152 valence electrons. The molecule has 29 heavy (non-hydrogen) atoms. The molecule has 1 aliphatic rings. The smallest absolute Gasteiger partial charge is 0.288 e. The number of amides is 1. The molecule has 0 spiro atoms. The number of nitrogens with zero attached hydrogens (tertiary/aromatic N) is 3. The number of nitrogens with one attached hydrogen (secondary N) is 1. The summed E-state index contributed by atoms with van der Waals surface area (Å²) >= 11 is 0. The molecular formula is C18H15F4N5O2. The van der Waals surface area contributed by atoms with Crippen LogP contribution in [0.25, 0.3) is 0 Å². The molecule has 0 aliphatic carbocycles. The number of ether oxygens (including phenoxy) is 1. The Labute approximate surface area is 162 Å². The summed E-state index contributed by atoms with van der Waals surface area (Å²) in [6.07, 6.45) is 0.165. The maximum Gasteiger partial charge on any atom is 0.288 e. The summed E-state index contributed by atoms with van der Waals surface area (Å²) in [6, 6.07) is 3.34. The van der Waals surface area contributed by atoms with Crippen molar-refractivity contribution < 1.29 is 27.1 Å². The molecule has 11 heteroatoms.